The highest BCUT2D eigenvalue weighted by atomic mass is 79.9. The lowest BCUT2D eigenvalue weighted by atomic mass is 10.1. The van der Waals surface area contributed by atoms with Gasteiger partial charge in [-0.15, -0.1) is 23.1 Å². The number of aromatic nitrogens is 1. The molecule has 0 aliphatic rings. The van der Waals surface area contributed by atoms with Crippen LogP contribution in [0, 0.1) is 0 Å². The Balaban J connectivity index is 1.22. The van der Waals surface area contributed by atoms with E-state index in [2.05, 4.69) is 36.9 Å². The van der Waals surface area contributed by atoms with Crippen LogP contribution < -0.4 is 20.7 Å². The summed E-state index contributed by atoms with van der Waals surface area (Å²) in [6, 6.07) is 40.5. The number of para-hydroxylation sites is 1. The fraction of sp³-hybridized carbons (Fsp3) is 0.0732. The zero-order valence-electron chi connectivity index (χ0n) is 27.9. The van der Waals surface area contributed by atoms with Crippen molar-refractivity contribution in [2.24, 2.45) is 0 Å². The Kier molecular flexibility index (Phi) is 12.3. The highest BCUT2D eigenvalue weighted by Gasteiger charge is 2.24. The predicted molar refractivity (Wildman–Crippen MR) is 213 cm³/mol. The Morgan fingerprint density at radius 2 is 1.56 bits per heavy atom. The fourth-order valence-electron chi connectivity index (χ4n) is 5.12. The van der Waals surface area contributed by atoms with Crippen molar-refractivity contribution in [2.75, 3.05) is 17.2 Å². The summed E-state index contributed by atoms with van der Waals surface area (Å²) < 4.78 is 6.74. The molecule has 3 amide bonds. The van der Waals surface area contributed by atoms with E-state index in [-0.39, 0.29) is 11.6 Å². The van der Waals surface area contributed by atoms with Gasteiger partial charge in [0.1, 0.15) is 16.7 Å². The van der Waals surface area contributed by atoms with E-state index in [1.165, 1.54) is 23.1 Å². The molecule has 0 fully saturated rings. The smallest absolute Gasteiger partial charge is 0.272 e. The number of nitrogens with one attached hydrogen (secondary N) is 3. The van der Waals surface area contributed by atoms with Crippen molar-refractivity contribution in [2.45, 2.75) is 17.1 Å². The normalized spacial score (nSPS) is 11.7. The van der Waals surface area contributed by atoms with Crippen LogP contribution in [0.2, 0.25) is 0 Å². The van der Waals surface area contributed by atoms with E-state index in [9.17, 15) is 14.4 Å². The van der Waals surface area contributed by atoms with Gasteiger partial charge >= 0.3 is 0 Å². The molecule has 6 aromatic rings. The zero-order valence-corrected chi connectivity index (χ0v) is 31.1. The van der Waals surface area contributed by atoms with Crippen LogP contribution in [0.5, 0.6) is 5.75 Å². The van der Waals surface area contributed by atoms with Gasteiger partial charge in [-0.05, 0) is 67.1 Å². The van der Waals surface area contributed by atoms with Gasteiger partial charge in [0.2, 0.25) is 5.91 Å². The standard InChI is InChI=1S/C41H33BrN4O4S2/c1-2-50-36-19-10-9-16-30(36)24-34(44-38(47)29-14-7-4-8-15-29)39(48)43-32-17-11-18-33(25-32)52-37(28-12-5-3-6-13-28)40(49)46-41-45-35(26-51-41)27-20-22-31(42)23-21-27/h3-26,37H,2H2,1H3,(H,43,48)(H,44,47)(H,45,46,49)/b34-24+. The second kappa shape index (κ2) is 17.6. The van der Waals surface area contributed by atoms with E-state index in [4.69, 9.17) is 4.74 Å². The number of halogens is 1. The monoisotopic (exact) mass is 788 g/mol. The summed E-state index contributed by atoms with van der Waals surface area (Å²) in [7, 11) is 0. The molecular weight excluding hydrogens is 757 g/mol. The topological polar surface area (TPSA) is 109 Å². The number of ether oxygens (including phenoxy) is 1. The first-order chi connectivity index (χ1) is 25.4. The molecule has 260 valence electrons. The third-order valence-electron chi connectivity index (χ3n) is 7.61. The molecule has 1 aromatic heterocycles. The quantitative estimate of drug-likeness (QED) is 0.0795. The van der Waals surface area contributed by atoms with Crippen molar-refractivity contribution >= 4 is 73.6 Å². The van der Waals surface area contributed by atoms with Gasteiger partial charge < -0.3 is 20.7 Å². The Morgan fingerprint density at radius 1 is 0.846 bits per heavy atom. The number of hydrogen-bond acceptors (Lipinski definition) is 7. The molecular formula is C41H33BrN4O4S2. The van der Waals surface area contributed by atoms with Crippen molar-refractivity contribution < 1.29 is 19.1 Å². The van der Waals surface area contributed by atoms with Crippen LogP contribution in [0.4, 0.5) is 10.8 Å². The Morgan fingerprint density at radius 3 is 2.31 bits per heavy atom. The van der Waals surface area contributed by atoms with E-state index in [1.54, 1.807) is 54.6 Å². The number of thiazole rings is 1. The molecule has 0 saturated carbocycles. The first kappa shape index (κ1) is 36.3. The lowest BCUT2D eigenvalue weighted by molar-refractivity contribution is -0.116. The zero-order chi connectivity index (χ0) is 36.3. The highest BCUT2D eigenvalue weighted by molar-refractivity contribution is 9.10. The van der Waals surface area contributed by atoms with Crippen molar-refractivity contribution in [3.63, 3.8) is 0 Å². The molecule has 0 aliphatic carbocycles. The maximum absolute atomic E-state index is 13.8. The van der Waals surface area contributed by atoms with Crippen molar-refractivity contribution in [1.29, 1.82) is 0 Å². The second-order valence-electron chi connectivity index (χ2n) is 11.3. The number of nitrogens with zero attached hydrogens (tertiary/aromatic N) is 1. The molecule has 11 heteroatoms. The number of benzene rings is 5. The minimum absolute atomic E-state index is 0.0338. The van der Waals surface area contributed by atoms with E-state index in [0.29, 0.717) is 34.3 Å². The van der Waals surface area contributed by atoms with Crippen molar-refractivity contribution in [3.05, 3.63) is 166 Å². The number of anilines is 2. The molecule has 1 unspecified atom stereocenters. The van der Waals surface area contributed by atoms with Crippen LogP contribution in [-0.4, -0.2) is 29.3 Å². The molecule has 0 radical (unpaired) electrons. The van der Waals surface area contributed by atoms with Gasteiger partial charge in [0.25, 0.3) is 11.8 Å². The van der Waals surface area contributed by atoms with Crippen LogP contribution in [0.15, 0.2) is 154 Å². The molecule has 0 aliphatic heterocycles. The van der Waals surface area contributed by atoms with Gasteiger partial charge in [-0.2, -0.15) is 0 Å². The Hall–Kier alpha value is -5.49. The molecule has 1 atom stereocenters. The molecule has 5 aromatic carbocycles. The minimum Gasteiger partial charge on any atom is -0.493 e. The third kappa shape index (κ3) is 9.64. The first-order valence-corrected chi connectivity index (χ1v) is 18.9. The molecule has 3 N–H and O–H groups in total. The van der Waals surface area contributed by atoms with Gasteiger partial charge in [0, 0.05) is 37.1 Å². The summed E-state index contributed by atoms with van der Waals surface area (Å²) in [6.07, 6.45) is 1.59. The second-order valence-corrected chi connectivity index (χ2v) is 14.2. The van der Waals surface area contributed by atoms with E-state index >= 15 is 0 Å². The first-order valence-electron chi connectivity index (χ1n) is 16.3. The summed E-state index contributed by atoms with van der Waals surface area (Å²) in [4.78, 5) is 46.2. The van der Waals surface area contributed by atoms with Crippen molar-refractivity contribution in [3.8, 4) is 17.0 Å². The summed E-state index contributed by atoms with van der Waals surface area (Å²) in [5.74, 6) is -0.610. The number of carbonyl (C=O) groups is 3. The Labute approximate surface area is 318 Å². The highest BCUT2D eigenvalue weighted by Crippen LogP contribution is 2.38. The summed E-state index contributed by atoms with van der Waals surface area (Å²) in [6.45, 7) is 2.31. The van der Waals surface area contributed by atoms with Crippen LogP contribution >= 0.6 is 39.0 Å². The van der Waals surface area contributed by atoms with Gasteiger partial charge in [0.05, 0.1) is 12.3 Å². The van der Waals surface area contributed by atoms with Crippen molar-refractivity contribution in [1.82, 2.24) is 10.3 Å². The van der Waals surface area contributed by atoms with Crippen LogP contribution in [0.25, 0.3) is 17.3 Å². The van der Waals surface area contributed by atoms with Crippen LogP contribution in [0.1, 0.15) is 33.7 Å². The SMILES string of the molecule is CCOc1ccccc1/C=C(/NC(=O)c1ccccc1)C(=O)Nc1cccc(SC(C(=O)Nc2nc(-c3ccc(Br)cc3)cs2)c2ccccc2)c1. The van der Waals surface area contributed by atoms with E-state index in [0.717, 1.165) is 26.2 Å². The number of rotatable bonds is 13. The Bertz CT molecular complexity index is 2190. The summed E-state index contributed by atoms with van der Waals surface area (Å²) in [5.41, 5.74) is 4.09. The average molecular weight is 790 g/mol. The minimum atomic E-state index is -0.622. The number of thioether (sulfide) groups is 1. The molecule has 52 heavy (non-hydrogen) atoms. The van der Waals surface area contributed by atoms with Gasteiger partial charge in [-0.25, -0.2) is 4.98 Å². The van der Waals surface area contributed by atoms with Gasteiger partial charge in [-0.1, -0.05) is 101 Å². The van der Waals surface area contributed by atoms with Crippen LogP contribution in [0.3, 0.4) is 0 Å². The molecule has 8 nitrogen and oxygen atoms in total. The number of carbonyl (C=O) groups excluding carboxylic acids is 3. The largest absolute Gasteiger partial charge is 0.493 e. The summed E-state index contributed by atoms with van der Waals surface area (Å²) >= 11 is 6.17. The van der Waals surface area contributed by atoms with E-state index < -0.39 is 17.1 Å². The lowest BCUT2D eigenvalue weighted by Gasteiger charge is -2.17. The van der Waals surface area contributed by atoms with Gasteiger partial charge in [0.15, 0.2) is 5.13 Å². The summed E-state index contributed by atoms with van der Waals surface area (Å²) in [5, 5.41) is 10.5. The maximum Gasteiger partial charge on any atom is 0.272 e. The molecule has 0 spiro atoms. The molecule has 6 rings (SSSR count). The maximum atomic E-state index is 13.8. The lowest BCUT2D eigenvalue weighted by Crippen LogP contribution is -2.30. The molecule has 1 heterocycles. The fourth-order valence-corrected chi connectivity index (χ4v) is 7.19. The molecule has 0 bridgehead atoms. The molecule has 0 saturated heterocycles. The average Bonchev–Trinajstić information content (AvgIpc) is 3.63. The van der Waals surface area contributed by atoms with E-state index in [1.807, 2.05) is 97.2 Å². The number of amides is 3. The predicted octanol–water partition coefficient (Wildman–Crippen LogP) is 9.85. The van der Waals surface area contributed by atoms with Crippen LogP contribution in [-0.2, 0) is 9.59 Å². The van der Waals surface area contributed by atoms with Gasteiger partial charge in [-0.3, -0.25) is 14.4 Å². The third-order valence-corrected chi connectivity index (χ3v) is 10.1. The number of hydrogen-bond donors (Lipinski definition) is 3.